The maximum atomic E-state index is 11.4. The molecule has 0 saturated carbocycles. The van der Waals surface area contributed by atoms with Gasteiger partial charge in [-0.05, 0) is 24.3 Å². The Morgan fingerprint density at radius 3 is 1.47 bits per heavy atom. The highest BCUT2D eigenvalue weighted by Gasteiger charge is 2.18. The van der Waals surface area contributed by atoms with E-state index in [1.165, 1.54) is 0 Å². The quantitative estimate of drug-likeness (QED) is 0.214. The molecule has 6 nitrogen and oxygen atoms in total. The monoisotopic (exact) mass is 538 g/mol. The third-order valence-corrected chi connectivity index (χ3v) is 7.68. The molecule has 6 aromatic rings. The molecule has 0 fully saturated rings. The molecule has 0 unspecified atom stereocenters. The van der Waals surface area contributed by atoms with Gasteiger partial charge in [0, 0.05) is 94.1 Å². The summed E-state index contributed by atoms with van der Waals surface area (Å²) in [5, 5.41) is 2.67. The number of pyridine rings is 2. The highest BCUT2D eigenvalue weighted by Crippen LogP contribution is 2.41. The number of aryl methyl sites for hydroxylation is 2. The Morgan fingerprint density at radius 2 is 1.08 bits per heavy atom. The third-order valence-electron chi connectivity index (χ3n) is 6.91. The molecule has 0 atom stereocenters. The van der Waals surface area contributed by atoms with E-state index in [0.717, 1.165) is 56.6 Å². The van der Waals surface area contributed by atoms with Crippen molar-refractivity contribution in [2.45, 2.75) is 0 Å². The van der Waals surface area contributed by atoms with Crippen LogP contribution in [-0.2, 0) is 14.1 Å². The van der Waals surface area contributed by atoms with E-state index < -0.39 is 0 Å². The van der Waals surface area contributed by atoms with Crippen LogP contribution in [0.25, 0.3) is 55.4 Å². The van der Waals surface area contributed by atoms with Crippen LogP contribution < -0.4 is 0 Å². The number of hydrogen-bond acceptors (Lipinski definition) is 4. The predicted octanol–water partition coefficient (Wildman–Crippen LogP) is 7.39. The fraction of sp³-hybridized carbons (Fsp3) is 0.0667. The lowest BCUT2D eigenvalue weighted by Crippen LogP contribution is -1.93. The molecule has 0 amide bonds. The topological polar surface area (TPSA) is 69.8 Å². The van der Waals surface area contributed by atoms with Crippen molar-refractivity contribution >= 4 is 57.6 Å². The largest absolute Gasteiger partial charge is 0.350 e. The Balaban J connectivity index is 1.47. The van der Waals surface area contributed by atoms with E-state index in [0.29, 0.717) is 32.6 Å². The lowest BCUT2D eigenvalue weighted by atomic mass is 10.0. The zero-order chi connectivity index (χ0) is 26.6. The molecule has 0 aliphatic heterocycles. The van der Waals surface area contributed by atoms with Crippen LogP contribution in [-0.4, -0.2) is 31.7 Å². The molecule has 38 heavy (non-hydrogen) atoms. The van der Waals surface area contributed by atoms with Gasteiger partial charge in [0.15, 0.2) is 12.6 Å². The van der Waals surface area contributed by atoms with Crippen molar-refractivity contribution in [3.63, 3.8) is 0 Å². The van der Waals surface area contributed by atoms with Crippen LogP contribution in [0.4, 0.5) is 0 Å². The van der Waals surface area contributed by atoms with Crippen molar-refractivity contribution in [2.24, 2.45) is 14.1 Å². The zero-order valence-electron chi connectivity index (χ0n) is 20.4. The molecule has 186 valence electrons. The fourth-order valence-corrected chi connectivity index (χ4v) is 5.66. The maximum Gasteiger partial charge on any atom is 0.152 e. The second-order valence-corrected chi connectivity index (χ2v) is 9.89. The van der Waals surface area contributed by atoms with E-state index in [1.807, 2.05) is 71.8 Å². The first-order valence-electron chi connectivity index (χ1n) is 11.8. The van der Waals surface area contributed by atoms with Crippen molar-refractivity contribution in [3.05, 3.63) is 94.5 Å². The van der Waals surface area contributed by atoms with Crippen molar-refractivity contribution in [3.8, 4) is 33.6 Å². The van der Waals surface area contributed by atoms with Gasteiger partial charge in [-0.2, -0.15) is 0 Å². The second-order valence-electron chi connectivity index (χ2n) is 9.13. The summed E-state index contributed by atoms with van der Waals surface area (Å²) in [5.41, 5.74) is 7.42. The van der Waals surface area contributed by atoms with Gasteiger partial charge in [0.2, 0.25) is 0 Å². The summed E-state index contributed by atoms with van der Waals surface area (Å²) in [7, 11) is 3.80. The SMILES string of the molecule is Cn1cc(C=O)c2ccc(-c3nccc(-c4ccnc(-c5ccc6c(C=O)cn(C)c6c5)c4Cl)c3Cl)cc21. The van der Waals surface area contributed by atoms with Crippen LogP contribution in [0.3, 0.4) is 0 Å². The van der Waals surface area contributed by atoms with Gasteiger partial charge in [-0.1, -0.05) is 47.5 Å². The van der Waals surface area contributed by atoms with Gasteiger partial charge in [0.05, 0.1) is 21.4 Å². The number of benzene rings is 2. The van der Waals surface area contributed by atoms with Gasteiger partial charge in [0.25, 0.3) is 0 Å². The van der Waals surface area contributed by atoms with Crippen molar-refractivity contribution in [2.75, 3.05) is 0 Å². The maximum absolute atomic E-state index is 11.4. The minimum absolute atomic E-state index is 0.462. The lowest BCUT2D eigenvalue weighted by Gasteiger charge is -2.13. The van der Waals surface area contributed by atoms with E-state index in [2.05, 4.69) is 9.97 Å². The minimum Gasteiger partial charge on any atom is -0.350 e. The summed E-state index contributed by atoms with van der Waals surface area (Å²) < 4.78 is 3.82. The average molecular weight is 539 g/mol. The Hall–Kier alpha value is -4.26. The van der Waals surface area contributed by atoms with Crippen molar-refractivity contribution in [1.29, 1.82) is 0 Å². The number of fused-ring (bicyclic) bond motifs is 2. The second kappa shape index (κ2) is 9.24. The normalized spacial score (nSPS) is 11.4. The van der Waals surface area contributed by atoms with E-state index in [4.69, 9.17) is 23.2 Å². The van der Waals surface area contributed by atoms with E-state index in [1.54, 1.807) is 24.8 Å². The number of hydrogen-bond donors (Lipinski definition) is 0. The summed E-state index contributed by atoms with van der Waals surface area (Å²) in [6.07, 6.45) is 8.72. The average Bonchev–Trinajstić information content (AvgIpc) is 3.44. The molecule has 4 heterocycles. The van der Waals surface area contributed by atoms with Crippen LogP contribution in [0.2, 0.25) is 10.0 Å². The van der Waals surface area contributed by atoms with Gasteiger partial charge in [-0.3, -0.25) is 19.6 Å². The van der Waals surface area contributed by atoms with E-state index in [9.17, 15) is 9.59 Å². The third kappa shape index (κ3) is 3.72. The molecule has 0 N–H and O–H groups in total. The summed E-state index contributed by atoms with van der Waals surface area (Å²) in [4.78, 5) is 32.0. The van der Waals surface area contributed by atoms with Crippen molar-refractivity contribution < 1.29 is 9.59 Å². The number of nitrogens with zero attached hydrogens (tertiary/aromatic N) is 4. The smallest absolute Gasteiger partial charge is 0.152 e. The molecule has 0 saturated heterocycles. The first-order chi connectivity index (χ1) is 18.4. The molecule has 2 aromatic carbocycles. The molecule has 6 rings (SSSR count). The van der Waals surface area contributed by atoms with Crippen molar-refractivity contribution in [1.82, 2.24) is 19.1 Å². The minimum atomic E-state index is 0.462. The molecule has 0 aliphatic rings. The van der Waals surface area contributed by atoms with Gasteiger partial charge in [-0.15, -0.1) is 0 Å². The Bertz CT molecular complexity index is 1780. The number of rotatable bonds is 5. The van der Waals surface area contributed by atoms with Crippen LogP contribution in [0.15, 0.2) is 73.3 Å². The predicted molar refractivity (Wildman–Crippen MR) is 152 cm³/mol. The number of halogens is 2. The van der Waals surface area contributed by atoms with Gasteiger partial charge >= 0.3 is 0 Å². The molecular formula is C30H20Cl2N4O2. The van der Waals surface area contributed by atoms with E-state index in [-0.39, 0.29) is 0 Å². The molecule has 0 spiro atoms. The highest BCUT2D eigenvalue weighted by atomic mass is 35.5. The van der Waals surface area contributed by atoms with Gasteiger partial charge in [-0.25, -0.2) is 0 Å². The summed E-state index contributed by atoms with van der Waals surface area (Å²) in [6.45, 7) is 0. The Labute approximate surface area is 228 Å². The molecule has 4 aromatic heterocycles. The molecule has 0 radical (unpaired) electrons. The van der Waals surface area contributed by atoms with Crippen LogP contribution in [0.5, 0.6) is 0 Å². The number of carbonyl (C=O) groups excluding carboxylic acids is 2. The zero-order valence-corrected chi connectivity index (χ0v) is 22.0. The number of aromatic nitrogens is 4. The standard InChI is InChI=1S/C30H20Cl2N4O2/c1-35-13-19(15-37)21-5-3-17(11-25(21)35)29-27(31)23(7-9-33-29)24-8-10-34-30(28(24)32)18-4-6-22-20(16-38)14-36(2)26(22)12-18/h3-16H,1-2H3. The summed E-state index contributed by atoms with van der Waals surface area (Å²) in [6, 6.07) is 15.3. The first-order valence-corrected chi connectivity index (χ1v) is 12.6. The highest BCUT2D eigenvalue weighted by molar-refractivity contribution is 6.39. The fourth-order valence-electron chi connectivity index (χ4n) is 5.02. The van der Waals surface area contributed by atoms with Crippen LogP contribution in [0, 0.1) is 0 Å². The lowest BCUT2D eigenvalue weighted by molar-refractivity contribution is 0.111. The molecular weight excluding hydrogens is 519 g/mol. The molecule has 8 heteroatoms. The van der Waals surface area contributed by atoms with E-state index >= 15 is 0 Å². The first kappa shape index (κ1) is 24.1. The molecule has 0 aliphatic carbocycles. The Kier molecular flexibility index (Phi) is 5.86. The van der Waals surface area contributed by atoms with Gasteiger partial charge < -0.3 is 9.13 Å². The van der Waals surface area contributed by atoms with Gasteiger partial charge in [0.1, 0.15) is 0 Å². The summed E-state index contributed by atoms with van der Waals surface area (Å²) in [5.74, 6) is 0. The number of carbonyl (C=O) groups is 2. The van der Waals surface area contributed by atoms with Crippen LogP contribution in [0.1, 0.15) is 20.7 Å². The summed E-state index contributed by atoms with van der Waals surface area (Å²) >= 11 is 13.9. The number of aldehydes is 2. The van der Waals surface area contributed by atoms with Crippen LogP contribution >= 0.6 is 23.2 Å². The molecule has 0 bridgehead atoms. The Morgan fingerprint density at radius 1 is 0.658 bits per heavy atom.